The molecule has 3 atom stereocenters. The van der Waals surface area contributed by atoms with Gasteiger partial charge in [0.15, 0.2) is 0 Å². The molecular weight excluding hydrogens is 208 g/mol. The molecule has 1 aliphatic carbocycles. The highest BCUT2D eigenvalue weighted by Crippen LogP contribution is 2.42. The van der Waals surface area contributed by atoms with E-state index in [9.17, 15) is 0 Å². The van der Waals surface area contributed by atoms with Crippen LogP contribution in [0.3, 0.4) is 0 Å². The van der Waals surface area contributed by atoms with Crippen molar-refractivity contribution in [2.75, 3.05) is 19.6 Å². The van der Waals surface area contributed by atoms with Crippen molar-refractivity contribution in [3.05, 3.63) is 0 Å². The number of nitrogens with one attached hydrogen (secondary N) is 1. The molecule has 1 N–H and O–H groups in total. The summed E-state index contributed by atoms with van der Waals surface area (Å²) in [5.74, 6) is 0.785. The average molecular weight is 238 g/mol. The summed E-state index contributed by atoms with van der Waals surface area (Å²) < 4.78 is 0. The predicted molar refractivity (Wildman–Crippen MR) is 74.2 cm³/mol. The highest BCUT2D eigenvalue weighted by Gasteiger charge is 2.38. The molecule has 1 heterocycles. The minimum absolute atomic E-state index is 0.638. The van der Waals surface area contributed by atoms with Crippen LogP contribution in [0.2, 0.25) is 0 Å². The van der Waals surface area contributed by atoms with E-state index in [-0.39, 0.29) is 0 Å². The van der Waals surface area contributed by atoms with Crippen LogP contribution in [-0.4, -0.2) is 36.6 Å². The Morgan fingerprint density at radius 3 is 2.53 bits per heavy atom. The zero-order chi connectivity index (χ0) is 12.5. The van der Waals surface area contributed by atoms with Crippen LogP contribution in [0.25, 0.3) is 0 Å². The fourth-order valence-electron chi connectivity index (χ4n) is 3.64. The summed E-state index contributed by atoms with van der Waals surface area (Å²) in [5, 5.41) is 3.65. The Morgan fingerprint density at radius 2 is 2.00 bits per heavy atom. The Kier molecular flexibility index (Phi) is 4.14. The van der Waals surface area contributed by atoms with Crippen LogP contribution in [0.5, 0.6) is 0 Å². The summed E-state index contributed by atoms with van der Waals surface area (Å²) >= 11 is 0. The van der Waals surface area contributed by atoms with E-state index >= 15 is 0 Å². The van der Waals surface area contributed by atoms with Gasteiger partial charge in [-0.2, -0.15) is 0 Å². The summed E-state index contributed by atoms with van der Waals surface area (Å²) in [7, 11) is 0. The molecule has 17 heavy (non-hydrogen) atoms. The van der Waals surface area contributed by atoms with Crippen molar-refractivity contribution in [3.8, 4) is 0 Å². The highest BCUT2D eigenvalue weighted by atomic mass is 15.2. The molecule has 0 amide bonds. The lowest BCUT2D eigenvalue weighted by molar-refractivity contribution is 0.0168. The first-order valence-corrected chi connectivity index (χ1v) is 7.53. The van der Waals surface area contributed by atoms with Crippen molar-refractivity contribution < 1.29 is 0 Å². The molecule has 100 valence electrons. The molecule has 2 fully saturated rings. The van der Waals surface area contributed by atoms with E-state index in [1.54, 1.807) is 0 Å². The topological polar surface area (TPSA) is 15.3 Å². The molecule has 2 rings (SSSR count). The lowest BCUT2D eigenvalue weighted by Crippen LogP contribution is -2.56. The predicted octanol–water partition coefficient (Wildman–Crippen LogP) is 2.89. The first kappa shape index (κ1) is 13.4. The molecule has 0 aromatic carbocycles. The number of hydrogen-bond donors (Lipinski definition) is 1. The highest BCUT2D eigenvalue weighted by molar-refractivity contribution is 4.93. The van der Waals surface area contributed by atoms with Crippen LogP contribution in [0, 0.1) is 11.3 Å². The Morgan fingerprint density at radius 1 is 1.29 bits per heavy atom. The van der Waals surface area contributed by atoms with Crippen LogP contribution < -0.4 is 5.32 Å². The standard InChI is InChI=1S/C15H30N2/c1-5-16-14-7-10-17(13(3)12(14)2)11-15(4)8-6-9-15/h12-14,16H,5-11H2,1-4H3. The van der Waals surface area contributed by atoms with E-state index in [0.29, 0.717) is 5.41 Å². The Bertz CT molecular complexity index is 247. The zero-order valence-electron chi connectivity index (χ0n) is 12.1. The monoisotopic (exact) mass is 238 g/mol. The van der Waals surface area contributed by atoms with Gasteiger partial charge in [0.1, 0.15) is 0 Å². The Hall–Kier alpha value is -0.0800. The molecule has 1 saturated carbocycles. The summed E-state index contributed by atoms with van der Waals surface area (Å²) in [6.07, 6.45) is 5.67. The summed E-state index contributed by atoms with van der Waals surface area (Å²) in [6.45, 7) is 13.3. The minimum atomic E-state index is 0.638. The molecule has 0 aromatic heterocycles. The average Bonchev–Trinajstić information content (AvgIpc) is 2.27. The fourth-order valence-corrected chi connectivity index (χ4v) is 3.64. The van der Waals surface area contributed by atoms with E-state index in [2.05, 4.69) is 37.9 Å². The second kappa shape index (κ2) is 5.27. The van der Waals surface area contributed by atoms with Crippen molar-refractivity contribution in [1.29, 1.82) is 0 Å². The normalized spacial score (nSPS) is 37.8. The van der Waals surface area contributed by atoms with Gasteiger partial charge in [0, 0.05) is 18.6 Å². The maximum Gasteiger partial charge on any atom is 0.0120 e. The van der Waals surface area contributed by atoms with Gasteiger partial charge in [0.2, 0.25) is 0 Å². The van der Waals surface area contributed by atoms with Crippen LogP contribution in [0.15, 0.2) is 0 Å². The number of nitrogens with zero attached hydrogens (tertiary/aromatic N) is 1. The van der Waals surface area contributed by atoms with Gasteiger partial charge in [-0.1, -0.05) is 27.2 Å². The van der Waals surface area contributed by atoms with Crippen molar-refractivity contribution in [2.24, 2.45) is 11.3 Å². The molecule has 0 radical (unpaired) electrons. The van der Waals surface area contributed by atoms with Crippen molar-refractivity contribution >= 4 is 0 Å². The van der Waals surface area contributed by atoms with Crippen molar-refractivity contribution in [3.63, 3.8) is 0 Å². The number of rotatable bonds is 4. The Balaban J connectivity index is 1.89. The third-order valence-corrected chi connectivity index (χ3v) is 5.31. The van der Waals surface area contributed by atoms with Crippen molar-refractivity contribution in [2.45, 2.75) is 65.5 Å². The van der Waals surface area contributed by atoms with E-state index in [0.717, 1.165) is 24.5 Å². The van der Waals surface area contributed by atoms with Gasteiger partial charge in [-0.05, 0) is 50.6 Å². The lowest BCUT2D eigenvalue weighted by Gasteiger charge is -2.49. The SMILES string of the molecule is CCNC1CCN(CC2(C)CCC2)C(C)C1C. The fraction of sp³-hybridized carbons (Fsp3) is 1.00. The molecule has 1 saturated heterocycles. The first-order valence-electron chi connectivity index (χ1n) is 7.53. The zero-order valence-corrected chi connectivity index (χ0v) is 12.1. The molecule has 0 aromatic rings. The van der Waals surface area contributed by atoms with Gasteiger partial charge in [-0.3, -0.25) is 4.90 Å². The molecule has 2 aliphatic rings. The maximum atomic E-state index is 3.65. The summed E-state index contributed by atoms with van der Waals surface area (Å²) in [4.78, 5) is 2.75. The van der Waals surface area contributed by atoms with Crippen LogP contribution in [0.4, 0.5) is 0 Å². The largest absolute Gasteiger partial charge is 0.314 e. The maximum absolute atomic E-state index is 3.65. The minimum Gasteiger partial charge on any atom is -0.314 e. The van der Waals surface area contributed by atoms with Gasteiger partial charge in [0.05, 0.1) is 0 Å². The third-order valence-electron chi connectivity index (χ3n) is 5.31. The summed E-state index contributed by atoms with van der Waals surface area (Å²) in [6, 6.07) is 1.48. The molecule has 0 bridgehead atoms. The van der Waals surface area contributed by atoms with Crippen molar-refractivity contribution in [1.82, 2.24) is 10.2 Å². The van der Waals surface area contributed by atoms with Gasteiger partial charge >= 0.3 is 0 Å². The van der Waals surface area contributed by atoms with Gasteiger partial charge < -0.3 is 5.32 Å². The van der Waals surface area contributed by atoms with Gasteiger partial charge in [-0.15, -0.1) is 0 Å². The molecule has 2 nitrogen and oxygen atoms in total. The van der Waals surface area contributed by atoms with Crippen LogP contribution >= 0.6 is 0 Å². The smallest absolute Gasteiger partial charge is 0.0120 e. The van der Waals surface area contributed by atoms with E-state index in [1.807, 2.05) is 0 Å². The number of piperidine rings is 1. The molecule has 3 unspecified atom stereocenters. The van der Waals surface area contributed by atoms with Crippen LogP contribution in [0.1, 0.15) is 53.4 Å². The lowest BCUT2D eigenvalue weighted by atomic mass is 9.69. The van der Waals surface area contributed by atoms with Gasteiger partial charge in [0.25, 0.3) is 0 Å². The third kappa shape index (κ3) is 2.85. The molecule has 0 spiro atoms. The second-order valence-corrected chi connectivity index (χ2v) is 6.69. The van der Waals surface area contributed by atoms with E-state index < -0.39 is 0 Å². The Labute approximate surface area is 107 Å². The van der Waals surface area contributed by atoms with Gasteiger partial charge in [-0.25, -0.2) is 0 Å². The first-order chi connectivity index (χ1) is 8.06. The number of likely N-dealkylation sites (tertiary alicyclic amines) is 1. The number of hydrogen-bond acceptors (Lipinski definition) is 2. The molecule has 2 heteroatoms. The van der Waals surface area contributed by atoms with Crippen LogP contribution in [-0.2, 0) is 0 Å². The molecule has 1 aliphatic heterocycles. The van der Waals surface area contributed by atoms with E-state index in [1.165, 1.54) is 38.8 Å². The quantitative estimate of drug-likeness (QED) is 0.810. The second-order valence-electron chi connectivity index (χ2n) is 6.69. The molecular formula is C15H30N2. The summed E-state index contributed by atoms with van der Waals surface area (Å²) in [5.41, 5.74) is 0.638. The van der Waals surface area contributed by atoms with E-state index in [4.69, 9.17) is 0 Å².